The Bertz CT molecular complexity index is 264. The number of unbranched alkanes of at least 4 members (excludes halogenated alkanes) is 1. The minimum absolute atomic E-state index is 0.0619. The molecular weight excluding hydrogens is 260 g/mol. The summed E-state index contributed by atoms with van der Waals surface area (Å²) in [6, 6.07) is 0.671. The maximum absolute atomic E-state index is 9.63. The summed E-state index contributed by atoms with van der Waals surface area (Å²) in [5.74, 6) is 0.851. The van der Waals surface area contributed by atoms with Gasteiger partial charge in [-0.05, 0) is 51.6 Å². The van der Waals surface area contributed by atoms with Gasteiger partial charge in [-0.3, -0.25) is 0 Å². The Morgan fingerprint density at radius 2 is 1.86 bits per heavy atom. The summed E-state index contributed by atoms with van der Waals surface area (Å²) in [4.78, 5) is 2.60. The monoisotopic (exact) mass is 298 g/mol. The van der Waals surface area contributed by atoms with E-state index in [9.17, 15) is 5.11 Å². The number of rotatable bonds is 13. The van der Waals surface area contributed by atoms with Gasteiger partial charge in [-0.15, -0.1) is 0 Å². The van der Waals surface area contributed by atoms with Gasteiger partial charge in [0, 0.05) is 18.1 Å². The lowest BCUT2D eigenvalue weighted by Crippen LogP contribution is -2.47. The molecule has 0 aromatic heterocycles. The fourth-order valence-corrected chi connectivity index (χ4v) is 3.06. The first-order valence-electron chi connectivity index (χ1n) is 9.17. The Labute approximate surface area is 132 Å². The largest absolute Gasteiger partial charge is 0.394 e. The van der Waals surface area contributed by atoms with E-state index >= 15 is 0 Å². The van der Waals surface area contributed by atoms with Crippen molar-refractivity contribution in [3.63, 3.8) is 0 Å². The second-order valence-electron chi connectivity index (χ2n) is 7.17. The minimum atomic E-state index is -0.0619. The summed E-state index contributed by atoms with van der Waals surface area (Å²) in [7, 11) is 0. The van der Waals surface area contributed by atoms with Crippen molar-refractivity contribution in [1.29, 1.82) is 0 Å². The number of nitrogens with zero attached hydrogens (tertiary/aromatic N) is 1. The molecule has 1 rings (SSSR count). The molecule has 1 aliphatic rings. The maximum atomic E-state index is 9.63. The van der Waals surface area contributed by atoms with E-state index in [0.29, 0.717) is 6.04 Å². The Morgan fingerprint density at radius 1 is 1.19 bits per heavy atom. The fourth-order valence-electron chi connectivity index (χ4n) is 3.06. The van der Waals surface area contributed by atoms with Crippen LogP contribution in [0.5, 0.6) is 0 Å². The highest BCUT2D eigenvalue weighted by Crippen LogP contribution is 2.25. The van der Waals surface area contributed by atoms with Gasteiger partial charge in [-0.2, -0.15) is 0 Å². The molecule has 3 nitrogen and oxygen atoms in total. The number of hydrogen-bond acceptors (Lipinski definition) is 3. The molecule has 3 heteroatoms. The molecule has 0 bridgehead atoms. The first kappa shape index (κ1) is 18.9. The first-order valence-corrected chi connectivity index (χ1v) is 9.17. The average Bonchev–Trinajstić information content (AvgIpc) is 3.30. The molecule has 21 heavy (non-hydrogen) atoms. The fraction of sp³-hybridized carbons (Fsp3) is 1.00. The first-order chi connectivity index (χ1) is 10.1. The lowest BCUT2D eigenvalue weighted by atomic mass is 9.95. The normalized spacial score (nSPS) is 18.4. The molecule has 0 spiro atoms. The van der Waals surface area contributed by atoms with Crippen molar-refractivity contribution in [2.45, 2.75) is 84.2 Å². The smallest absolute Gasteiger partial charge is 0.0610 e. The Kier molecular flexibility index (Phi) is 8.84. The number of nitrogens with one attached hydrogen (secondary N) is 1. The van der Waals surface area contributed by atoms with E-state index in [2.05, 4.69) is 37.9 Å². The number of aliphatic hydroxyl groups is 1. The molecule has 1 saturated carbocycles. The molecule has 0 aromatic rings. The second-order valence-corrected chi connectivity index (χ2v) is 7.17. The van der Waals surface area contributed by atoms with Crippen LogP contribution in [0, 0.1) is 5.92 Å². The summed E-state index contributed by atoms with van der Waals surface area (Å²) in [6.07, 6.45) is 8.69. The predicted molar refractivity (Wildman–Crippen MR) is 91.7 cm³/mol. The van der Waals surface area contributed by atoms with Gasteiger partial charge in [0.2, 0.25) is 0 Å². The highest BCUT2D eigenvalue weighted by atomic mass is 16.3. The number of aliphatic hydroxyl groups excluding tert-OH is 1. The van der Waals surface area contributed by atoms with Crippen LogP contribution in [-0.4, -0.2) is 47.8 Å². The zero-order valence-electron chi connectivity index (χ0n) is 14.8. The highest BCUT2D eigenvalue weighted by Gasteiger charge is 2.31. The van der Waals surface area contributed by atoms with Crippen LogP contribution in [0.25, 0.3) is 0 Å². The molecule has 126 valence electrons. The second kappa shape index (κ2) is 9.81. The van der Waals surface area contributed by atoms with E-state index < -0.39 is 0 Å². The predicted octanol–water partition coefficient (Wildman–Crippen LogP) is 3.42. The molecule has 2 N–H and O–H groups in total. The van der Waals surface area contributed by atoms with Gasteiger partial charge in [0.1, 0.15) is 0 Å². The van der Waals surface area contributed by atoms with E-state index in [1.165, 1.54) is 51.6 Å². The van der Waals surface area contributed by atoms with Crippen molar-refractivity contribution in [3.05, 3.63) is 0 Å². The molecule has 0 radical (unpaired) electrons. The Balaban J connectivity index is 2.20. The summed E-state index contributed by atoms with van der Waals surface area (Å²) in [6.45, 7) is 12.9. The van der Waals surface area contributed by atoms with E-state index in [0.717, 1.165) is 18.9 Å². The van der Waals surface area contributed by atoms with Crippen molar-refractivity contribution >= 4 is 0 Å². The summed E-state index contributed by atoms with van der Waals surface area (Å²) < 4.78 is 0. The third kappa shape index (κ3) is 7.62. The van der Waals surface area contributed by atoms with Crippen LogP contribution < -0.4 is 5.32 Å². The van der Waals surface area contributed by atoms with E-state index in [-0.39, 0.29) is 12.1 Å². The average molecular weight is 299 g/mol. The van der Waals surface area contributed by atoms with Crippen LogP contribution in [0.4, 0.5) is 0 Å². The van der Waals surface area contributed by atoms with Crippen molar-refractivity contribution in [2.75, 3.05) is 26.2 Å². The maximum Gasteiger partial charge on any atom is 0.0610 e. The van der Waals surface area contributed by atoms with Crippen molar-refractivity contribution in [2.24, 2.45) is 5.92 Å². The van der Waals surface area contributed by atoms with Gasteiger partial charge in [0.05, 0.1) is 6.61 Å². The van der Waals surface area contributed by atoms with Gasteiger partial charge >= 0.3 is 0 Å². The van der Waals surface area contributed by atoms with E-state index in [1.807, 2.05) is 0 Å². The zero-order chi connectivity index (χ0) is 15.7. The summed E-state index contributed by atoms with van der Waals surface area (Å²) in [5.41, 5.74) is -0.0619. The van der Waals surface area contributed by atoms with Crippen LogP contribution >= 0.6 is 0 Å². The molecule has 1 atom stereocenters. The molecule has 1 unspecified atom stereocenters. The Morgan fingerprint density at radius 3 is 2.33 bits per heavy atom. The van der Waals surface area contributed by atoms with E-state index in [1.54, 1.807) is 0 Å². The van der Waals surface area contributed by atoms with Crippen LogP contribution in [0.3, 0.4) is 0 Å². The lowest BCUT2D eigenvalue weighted by Gasteiger charge is -2.30. The molecule has 0 heterocycles. The van der Waals surface area contributed by atoms with Gasteiger partial charge < -0.3 is 15.3 Å². The Hall–Kier alpha value is -0.120. The molecule has 0 saturated heterocycles. The molecular formula is C18H38N2O. The van der Waals surface area contributed by atoms with Crippen LogP contribution in [0.15, 0.2) is 0 Å². The van der Waals surface area contributed by atoms with E-state index in [4.69, 9.17) is 0 Å². The van der Waals surface area contributed by atoms with Crippen LogP contribution in [0.2, 0.25) is 0 Å². The SMILES string of the molecule is CCC(CC)CN(CC)CCCCC(C)(CO)NC1CC1. The lowest BCUT2D eigenvalue weighted by molar-refractivity contribution is 0.157. The molecule has 0 aromatic carbocycles. The zero-order valence-corrected chi connectivity index (χ0v) is 14.8. The highest BCUT2D eigenvalue weighted by molar-refractivity contribution is 4.92. The molecule has 1 fully saturated rings. The van der Waals surface area contributed by atoms with Gasteiger partial charge in [-0.25, -0.2) is 0 Å². The van der Waals surface area contributed by atoms with Gasteiger partial charge in [-0.1, -0.05) is 40.0 Å². The van der Waals surface area contributed by atoms with Gasteiger partial charge in [0.25, 0.3) is 0 Å². The standard InChI is InChI=1S/C18H38N2O/c1-5-16(6-2)14-20(7-3)13-9-8-12-18(4,15-21)19-17-10-11-17/h16-17,19,21H,5-15H2,1-4H3. The van der Waals surface area contributed by atoms with Gasteiger partial charge in [0.15, 0.2) is 0 Å². The van der Waals surface area contributed by atoms with Crippen LogP contribution in [-0.2, 0) is 0 Å². The molecule has 0 amide bonds. The van der Waals surface area contributed by atoms with Crippen molar-refractivity contribution in [3.8, 4) is 0 Å². The van der Waals surface area contributed by atoms with Crippen molar-refractivity contribution < 1.29 is 5.11 Å². The van der Waals surface area contributed by atoms with Crippen LogP contribution in [0.1, 0.15) is 72.6 Å². The summed E-state index contributed by atoms with van der Waals surface area (Å²) >= 11 is 0. The molecule has 1 aliphatic carbocycles. The third-order valence-electron chi connectivity index (χ3n) is 5.05. The topological polar surface area (TPSA) is 35.5 Å². The summed E-state index contributed by atoms with van der Waals surface area (Å²) in [5, 5.41) is 13.2. The quantitative estimate of drug-likeness (QED) is 0.511. The van der Waals surface area contributed by atoms with Crippen molar-refractivity contribution in [1.82, 2.24) is 10.2 Å². The minimum Gasteiger partial charge on any atom is -0.394 e. The third-order valence-corrected chi connectivity index (χ3v) is 5.05. The number of hydrogen-bond donors (Lipinski definition) is 2. The molecule has 0 aliphatic heterocycles.